The minimum atomic E-state index is 0.137. The predicted molar refractivity (Wildman–Crippen MR) is 46.2 cm³/mol. The molecule has 0 aromatic carbocycles. The summed E-state index contributed by atoms with van der Waals surface area (Å²) in [5, 5.41) is 8.90. The summed E-state index contributed by atoms with van der Waals surface area (Å²) in [5.74, 6) is 0.633. The zero-order valence-corrected chi connectivity index (χ0v) is 6.95. The van der Waals surface area contributed by atoms with Gasteiger partial charge in [0.15, 0.2) is 0 Å². The van der Waals surface area contributed by atoms with Crippen LogP contribution in [0, 0.1) is 0 Å². The van der Waals surface area contributed by atoms with E-state index in [0.717, 1.165) is 5.57 Å². The fourth-order valence-electron chi connectivity index (χ4n) is 0.655. The van der Waals surface area contributed by atoms with Crippen molar-refractivity contribution in [2.75, 3.05) is 6.61 Å². The van der Waals surface area contributed by atoms with Crippen molar-refractivity contribution in [2.24, 2.45) is 0 Å². The van der Waals surface area contributed by atoms with Crippen molar-refractivity contribution >= 4 is 0 Å². The molecule has 1 heterocycles. The molecule has 1 aromatic heterocycles. The second-order valence-corrected chi connectivity index (χ2v) is 2.60. The minimum Gasteiger partial charge on any atom is -0.506 e. The van der Waals surface area contributed by atoms with Crippen molar-refractivity contribution in [3.63, 3.8) is 0 Å². The average molecular weight is 165 g/mol. The number of hydrogen-bond donors (Lipinski definition) is 1. The van der Waals surface area contributed by atoms with Crippen molar-refractivity contribution < 1.29 is 9.84 Å². The second kappa shape index (κ2) is 3.76. The van der Waals surface area contributed by atoms with Crippen molar-refractivity contribution in [2.45, 2.75) is 6.92 Å². The maximum absolute atomic E-state index is 8.90. The van der Waals surface area contributed by atoms with Crippen LogP contribution in [0.1, 0.15) is 6.92 Å². The summed E-state index contributed by atoms with van der Waals surface area (Å²) >= 11 is 0. The quantitative estimate of drug-likeness (QED) is 0.694. The third kappa shape index (κ3) is 2.62. The smallest absolute Gasteiger partial charge is 0.213 e. The molecule has 0 fully saturated rings. The fraction of sp³-hybridized carbons (Fsp3) is 0.222. The van der Waals surface area contributed by atoms with Crippen LogP contribution < -0.4 is 4.74 Å². The molecule has 64 valence electrons. The monoisotopic (exact) mass is 165 g/mol. The highest BCUT2D eigenvalue weighted by Gasteiger charge is 1.94. The molecule has 0 radical (unpaired) electrons. The zero-order chi connectivity index (χ0) is 8.97. The highest BCUT2D eigenvalue weighted by Crippen LogP contribution is 2.11. The van der Waals surface area contributed by atoms with Gasteiger partial charge >= 0.3 is 0 Å². The van der Waals surface area contributed by atoms with Gasteiger partial charge in [-0.2, -0.15) is 0 Å². The van der Waals surface area contributed by atoms with Crippen LogP contribution in [0.5, 0.6) is 11.6 Å². The molecule has 0 aliphatic rings. The number of rotatable bonds is 3. The van der Waals surface area contributed by atoms with Gasteiger partial charge in [-0.1, -0.05) is 6.58 Å². The van der Waals surface area contributed by atoms with E-state index in [9.17, 15) is 0 Å². The van der Waals surface area contributed by atoms with Gasteiger partial charge in [-0.25, -0.2) is 4.98 Å². The van der Waals surface area contributed by atoms with Gasteiger partial charge in [0.1, 0.15) is 12.4 Å². The summed E-state index contributed by atoms with van der Waals surface area (Å²) in [6, 6.07) is 3.14. The Balaban J connectivity index is 2.53. The Bertz CT molecular complexity index is 266. The van der Waals surface area contributed by atoms with Gasteiger partial charge in [-0.05, 0) is 18.6 Å². The lowest BCUT2D eigenvalue weighted by molar-refractivity contribution is 0.337. The molecule has 3 heteroatoms. The first-order chi connectivity index (χ1) is 5.68. The molecule has 12 heavy (non-hydrogen) atoms. The van der Waals surface area contributed by atoms with E-state index in [1.54, 1.807) is 6.07 Å². The molecule has 0 atom stereocenters. The maximum atomic E-state index is 8.90. The summed E-state index contributed by atoms with van der Waals surface area (Å²) in [6.45, 7) is 6.02. The van der Waals surface area contributed by atoms with Gasteiger partial charge in [-0.3, -0.25) is 0 Å². The van der Waals surface area contributed by atoms with E-state index in [1.807, 2.05) is 6.92 Å². The Kier molecular flexibility index (Phi) is 2.69. The number of nitrogens with zero attached hydrogens (tertiary/aromatic N) is 1. The normalized spacial score (nSPS) is 9.42. The van der Waals surface area contributed by atoms with Gasteiger partial charge in [0, 0.05) is 6.07 Å². The third-order valence-electron chi connectivity index (χ3n) is 1.19. The number of pyridine rings is 1. The topological polar surface area (TPSA) is 42.4 Å². The van der Waals surface area contributed by atoms with E-state index < -0.39 is 0 Å². The van der Waals surface area contributed by atoms with Gasteiger partial charge in [0.05, 0.1) is 6.20 Å². The van der Waals surface area contributed by atoms with Gasteiger partial charge in [-0.15, -0.1) is 0 Å². The van der Waals surface area contributed by atoms with E-state index in [4.69, 9.17) is 9.84 Å². The molecule has 0 saturated carbocycles. The molecule has 0 saturated heterocycles. The van der Waals surface area contributed by atoms with E-state index in [2.05, 4.69) is 11.6 Å². The summed E-state index contributed by atoms with van der Waals surface area (Å²) < 4.78 is 5.20. The Morgan fingerprint density at radius 1 is 1.67 bits per heavy atom. The molecular weight excluding hydrogens is 154 g/mol. The summed E-state index contributed by atoms with van der Waals surface area (Å²) in [6.07, 6.45) is 1.34. The van der Waals surface area contributed by atoms with Crippen LogP contribution in [-0.2, 0) is 0 Å². The second-order valence-electron chi connectivity index (χ2n) is 2.60. The van der Waals surface area contributed by atoms with Gasteiger partial charge < -0.3 is 9.84 Å². The standard InChI is InChI=1S/C9H11NO2/c1-7(2)6-12-9-4-3-8(11)5-10-9/h3-5,11H,1,6H2,2H3. The number of hydrogen-bond acceptors (Lipinski definition) is 3. The van der Waals surface area contributed by atoms with Crippen LogP contribution in [0.15, 0.2) is 30.5 Å². The first-order valence-electron chi connectivity index (χ1n) is 3.60. The van der Waals surface area contributed by atoms with Crippen LogP contribution in [0.3, 0.4) is 0 Å². The zero-order valence-electron chi connectivity index (χ0n) is 6.95. The highest BCUT2D eigenvalue weighted by molar-refractivity contribution is 5.21. The molecule has 0 aliphatic heterocycles. The predicted octanol–water partition coefficient (Wildman–Crippen LogP) is 1.74. The van der Waals surface area contributed by atoms with Crippen LogP contribution in [0.25, 0.3) is 0 Å². The number of aromatic hydroxyl groups is 1. The molecule has 0 bridgehead atoms. The largest absolute Gasteiger partial charge is 0.506 e. The lowest BCUT2D eigenvalue weighted by Crippen LogP contribution is -1.98. The van der Waals surface area contributed by atoms with E-state index in [0.29, 0.717) is 12.5 Å². The molecule has 1 aromatic rings. The van der Waals surface area contributed by atoms with Crippen LogP contribution in [0.4, 0.5) is 0 Å². The van der Waals surface area contributed by atoms with Crippen molar-refractivity contribution in [1.29, 1.82) is 0 Å². The Labute approximate surface area is 71.3 Å². The van der Waals surface area contributed by atoms with E-state index >= 15 is 0 Å². The number of ether oxygens (including phenoxy) is 1. The Hall–Kier alpha value is -1.51. The first kappa shape index (κ1) is 8.59. The Morgan fingerprint density at radius 2 is 2.42 bits per heavy atom. The third-order valence-corrected chi connectivity index (χ3v) is 1.19. The maximum Gasteiger partial charge on any atom is 0.213 e. The van der Waals surface area contributed by atoms with Crippen LogP contribution in [0.2, 0.25) is 0 Å². The van der Waals surface area contributed by atoms with Crippen LogP contribution >= 0.6 is 0 Å². The Morgan fingerprint density at radius 3 is 2.92 bits per heavy atom. The van der Waals surface area contributed by atoms with Crippen molar-refractivity contribution in [1.82, 2.24) is 4.98 Å². The molecule has 0 unspecified atom stereocenters. The lowest BCUT2D eigenvalue weighted by atomic mass is 10.4. The molecule has 0 spiro atoms. The van der Waals surface area contributed by atoms with Crippen molar-refractivity contribution in [3.8, 4) is 11.6 Å². The SMILES string of the molecule is C=C(C)COc1ccc(O)cn1. The molecule has 1 rings (SSSR count). The van der Waals surface area contributed by atoms with Crippen molar-refractivity contribution in [3.05, 3.63) is 30.5 Å². The first-order valence-corrected chi connectivity index (χ1v) is 3.60. The van der Waals surface area contributed by atoms with Crippen LogP contribution in [-0.4, -0.2) is 16.7 Å². The lowest BCUT2D eigenvalue weighted by Gasteiger charge is -2.03. The van der Waals surface area contributed by atoms with E-state index in [1.165, 1.54) is 12.3 Å². The highest BCUT2D eigenvalue weighted by atomic mass is 16.5. The average Bonchev–Trinajstić information content (AvgIpc) is 2.03. The van der Waals surface area contributed by atoms with Gasteiger partial charge in [0.25, 0.3) is 0 Å². The molecule has 3 nitrogen and oxygen atoms in total. The molecule has 0 amide bonds. The summed E-state index contributed by atoms with van der Waals surface area (Å²) in [4.78, 5) is 3.84. The molecular formula is C9H11NO2. The fourth-order valence-corrected chi connectivity index (χ4v) is 0.655. The summed E-state index contributed by atoms with van der Waals surface area (Å²) in [5.41, 5.74) is 0.935. The van der Waals surface area contributed by atoms with E-state index in [-0.39, 0.29) is 5.75 Å². The summed E-state index contributed by atoms with van der Waals surface area (Å²) in [7, 11) is 0. The molecule has 0 aliphatic carbocycles. The minimum absolute atomic E-state index is 0.137. The van der Waals surface area contributed by atoms with Gasteiger partial charge in [0.2, 0.25) is 5.88 Å². The molecule has 1 N–H and O–H groups in total. The number of aromatic nitrogens is 1.